The average Bonchev–Trinajstić information content (AvgIpc) is 2.69. The molecule has 0 saturated carbocycles. The van der Waals surface area contributed by atoms with Crippen molar-refractivity contribution in [2.75, 3.05) is 13.1 Å². The number of amides is 1. The summed E-state index contributed by atoms with van der Waals surface area (Å²) < 4.78 is 0. The van der Waals surface area contributed by atoms with Crippen LogP contribution in [0.2, 0.25) is 0 Å². The zero-order chi connectivity index (χ0) is 19.3. The van der Waals surface area contributed by atoms with Crippen LogP contribution in [0.4, 0.5) is 0 Å². The molecule has 2 aromatic rings. The number of nitrogens with one attached hydrogen (secondary N) is 1. The van der Waals surface area contributed by atoms with Gasteiger partial charge in [0.15, 0.2) is 0 Å². The van der Waals surface area contributed by atoms with Gasteiger partial charge in [-0.3, -0.25) is 9.69 Å². The van der Waals surface area contributed by atoms with Gasteiger partial charge in [-0.05, 0) is 36.5 Å². The molecule has 0 aliphatic carbocycles. The summed E-state index contributed by atoms with van der Waals surface area (Å²) in [7, 11) is 0. The van der Waals surface area contributed by atoms with Gasteiger partial charge >= 0.3 is 0 Å². The van der Waals surface area contributed by atoms with Crippen molar-refractivity contribution in [2.24, 2.45) is 5.73 Å². The molecular formula is C22H29N3O2. The molecule has 5 heteroatoms. The first kappa shape index (κ1) is 19.5. The van der Waals surface area contributed by atoms with Crippen LogP contribution in [0.15, 0.2) is 54.6 Å². The van der Waals surface area contributed by atoms with E-state index in [4.69, 9.17) is 5.73 Å². The minimum atomic E-state index is -1.06. The molecule has 1 aliphatic heterocycles. The van der Waals surface area contributed by atoms with Crippen LogP contribution in [-0.4, -0.2) is 35.1 Å². The predicted octanol–water partition coefficient (Wildman–Crippen LogP) is 2.13. The maximum absolute atomic E-state index is 12.5. The first-order chi connectivity index (χ1) is 12.9. The molecule has 1 amide bonds. The van der Waals surface area contributed by atoms with Gasteiger partial charge in [0.1, 0.15) is 5.54 Å². The standard InChI is InChI=1S/C22H29N3O2/c1-22(23,19-5-3-2-4-6-19)21(27)24-15-17-7-9-18(10-8-17)16-25-13-11-20(26)12-14-25/h2-10,20,26H,11-16,23H2,1H3,(H,24,27). The molecule has 3 rings (SSSR count). The van der Waals surface area contributed by atoms with Crippen LogP contribution < -0.4 is 11.1 Å². The number of carbonyl (C=O) groups excluding carboxylic acids is 1. The van der Waals surface area contributed by atoms with E-state index in [-0.39, 0.29) is 12.0 Å². The van der Waals surface area contributed by atoms with Gasteiger partial charge < -0.3 is 16.2 Å². The SMILES string of the molecule is CC(N)(C(=O)NCc1ccc(CN2CCC(O)CC2)cc1)c1ccccc1. The number of rotatable bonds is 6. The Morgan fingerprint density at radius 3 is 2.33 bits per heavy atom. The third kappa shape index (κ3) is 5.16. The summed E-state index contributed by atoms with van der Waals surface area (Å²) in [4.78, 5) is 14.9. The van der Waals surface area contributed by atoms with E-state index < -0.39 is 5.54 Å². The van der Waals surface area contributed by atoms with Crippen LogP contribution in [0.5, 0.6) is 0 Å². The first-order valence-electron chi connectivity index (χ1n) is 9.56. The fourth-order valence-electron chi connectivity index (χ4n) is 3.38. The summed E-state index contributed by atoms with van der Waals surface area (Å²) >= 11 is 0. The third-order valence-corrected chi connectivity index (χ3v) is 5.28. The number of piperidine rings is 1. The smallest absolute Gasteiger partial charge is 0.244 e. The van der Waals surface area contributed by atoms with Crippen molar-refractivity contribution in [3.8, 4) is 0 Å². The lowest BCUT2D eigenvalue weighted by atomic mass is 9.92. The molecule has 1 unspecified atom stereocenters. The zero-order valence-electron chi connectivity index (χ0n) is 15.9. The van der Waals surface area contributed by atoms with Crippen molar-refractivity contribution < 1.29 is 9.90 Å². The van der Waals surface area contributed by atoms with Gasteiger partial charge in [-0.1, -0.05) is 54.6 Å². The number of hydrogen-bond acceptors (Lipinski definition) is 4. The maximum Gasteiger partial charge on any atom is 0.244 e. The van der Waals surface area contributed by atoms with E-state index in [9.17, 15) is 9.90 Å². The van der Waals surface area contributed by atoms with Gasteiger partial charge in [0.05, 0.1) is 6.10 Å². The lowest BCUT2D eigenvalue weighted by Gasteiger charge is -2.29. The molecule has 1 atom stereocenters. The topological polar surface area (TPSA) is 78.6 Å². The van der Waals surface area contributed by atoms with Crippen LogP contribution in [-0.2, 0) is 23.4 Å². The normalized spacial score (nSPS) is 18.0. The Hall–Kier alpha value is -2.21. The van der Waals surface area contributed by atoms with Crippen molar-refractivity contribution in [2.45, 2.75) is 44.5 Å². The van der Waals surface area contributed by atoms with E-state index in [2.05, 4.69) is 22.3 Å². The minimum Gasteiger partial charge on any atom is -0.393 e. The molecule has 1 fully saturated rings. The van der Waals surface area contributed by atoms with Crippen molar-refractivity contribution in [1.82, 2.24) is 10.2 Å². The molecule has 0 bridgehead atoms. The molecule has 5 nitrogen and oxygen atoms in total. The fraction of sp³-hybridized carbons (Fsp3) is 0.409. The van der Waals surface area contributed by atoms with Crippen molar-refractivity contribution >= 4 is 5.91 Å². The summed E-state index contributed by atoms with van der Waals surface area (Å²) in [5, 5.41) is 12.5. The summed E-state index contributed by atoms with van der Waals surface area (Å²) in [5.41, 5.74) is 8.28. The maximum atomic E-state index is 12.5. The van der Waals surface area contributed by atoms with Gasteiger partial charge in [-0.15, -0.1) is 0 Å². The van der Waals surface area contributed by atoms with Crippen molar-refractivity contribution in [3.63, 3.8) is 0 Å². The molecule has 4 N–H and O–H groups in total. The Bertz CT molecular complexity index is 736. The summed E-state index contributed by atoms with van der Waals surface area (Å²) in [5.74, 6) is -0.190. The summed E-state index contributed by atoms with van der Waals surface area (Å²) in [6.45, 7) is 4.96. The van der Waals surface area contributed by atoms with Crippen LogP contribution in [0.1, 0.15) is 36.5 Å². The van der Waals surface area contributed by atoms with Crippen LogP contribution in [0, 0.1) is 0 Å². The van der Waals surface area contributed by atoms with E-state index in [1.807, 2.05) is 42.5 Å². The molecule has 1 saturated heterocycles. The lowest BCUT2D eigenvalue weighted by molar-refractivity contribution is -0.126. The van der Waals surface area contributed by atoms with E-state index in [1.54, 1.807) is 6.92 Å². The molecule has 1 aliphatic rings. The Morgan fingerprint density at radius 1 is 1.11 bits per heavy atom. The number of aliphatic hydroxyl groups excluding tert-OH is 1. The number of aliphatic hydroxyl groups is 1. The van der Waals surface area contributed by atoms with E-state index in [0.29, 0.717) is 6.54 Å². The predicted molar refractivity (Wildman–Crippen MR) is 107 cm³/mol. The number of nitrogens with zero attached hydrogens (tertiary/aromatic N) is 1. The van der Waals surface area contributed by atoms with E-state index in [1.165, 1.54) is 5.56 Å². The second kappa shape index (κ2) is 8.65. The highest BCUT2D eigenvalue weighted by atomic mass is 16.3. The largest absolute Gasteiger partial charge is 0.393 e. The second-order valence-electron chi connectivity index (χ2n) is 7.57. The molecule has 0 aromatic heterocycles. The van der Waals surface area contributed by atoms with E-state index in [0.717, 1.165) is 43.6 Å². The highest BCUT2D eigenvalue weighted by Gasteiger charge is 2.29. The number of likely N-dealkylation sites (tertiary alicyclic amines) is 1. The van der Waals surface area contributed by atoms with E-state index >= 15 is 0 Å². The Kier molecular flexibility index (Phi) is 6.26. The molecular weight excluding hydrogens is 338 g/mol. The Balaban J connectivity index is 1.52. The minimum absolute atomic E-state index is 0.142. The average molecular weight is 367 g/mol. The van der Waals surface area contributed by atoms with Gasteiger partial charge in [-0.2, -0.15) is 0 Å². The number of hydrogen-bond donors (Lipinski definition) is 3. The van der Waals surface area contributed by atoms with Crippen LogP contribution in [0.3, 0.4) is 0 Å². The van der Waals surface area contributed by atoms with Crippen molar-refractivity contribution in [1.29, 1.82) is 0 Å². The quantitative estimate of drug-likeness (QED) is 0.731. The van der Waals surface area contributed by atoms with Gasteiger partial charge in [-0.25, -0.2) is 0 Å². The van der Waals surface area contributed by atoms with Gasteiger partial charge in [0, 0.05) is 26.2 Å². The monoisotopic (exact) mass is 367 g/mol. The highest BCUT2D eigenvalue weighted by Crippen LogP contribution is 2.18. The molecule has 144 valence electrons. The second-order valence-corrected chi connectivity index (χ2v) is 7.57. The zero-order valence-corrected chi connectivity index (χ0v) is 15.9. The summed E-state index contributed by atoms with van der Waals surface area (Å²) in [6.07, 6.45) is 1.56. The highest BCUT2D eigenvalue weighted by molar-refractivity contribution is 5.86. The number of carbonyl (C=O) groups is 1. The Morgan fingerprint density at radius 2 is 1.70 bits per heavy atom. The van der Waals surface area contributed by atoms with Gasteiger partial charge in [0.2, 0.25) is 5.91 Å². The molecule has 0 spiro atoms. The molecule has 2 aromatic carbocycles. The summed E-state index contributed by atoms with van der Waals surface area (Å²) in [6, 6.07) is 17.7. The lowest BCUT2D eigenvalue weighted by Crippen LogP contribution is -2.48. The molecule has 1 heterocycles. The number of nitrogens with two attached hydrogens (primary N) is 1. The van der Waals surface area contributed by atoms with Crippen molar-refractivity contribution in [3.05, 3.63) is 71.3 Å². The molecule has 27 heavy (non-hydrogen) atoms. The van der Waals surface area contributed by atoms with Gasteiger partial charge in [0.25, 0.3) is 0 Å². The third-order valence-electron chi connectivity index (χ3n) is 5.28. The Labute approximate surface area is 161 Å². The molecule has 0 radical (unpaired) electrons. The number of benzene rings is 2. The van der Waals surface area contributed by atoms with Crippen LogP contribution >= 0.6 is 0 Å². The fourth-order valence-corrected chi connectivity index (χ4v) is 3.38. The van der Waals surface area contributed by atoms with Crippen LogP contribution in [0.25, 0.3) is 0 Å². The first-order valence-corrected chi connectivity index (χ1v) is 9.56.